The maximum absolute atomic E-state index is 12.0. The Labute approximate surface area is 114 Å². The molecule has 0 saturated carbocycles. The van der Waals surface area contributed by atoms with E-state index in [4.69, 9.17) is 11.2 Å². The molecule has 1 aliphatic heterocycles. The van der Waals surface area contributed by atoms with Gasteiger partial charge in [-0.3, -0.25) is 14.5 Å². The normalized spacial score (nSPS) is 16.8. The third-order valence-corrected chi connectivity index (χ3v) is 3.15. The number of ether oxygens (including phenoxy) is 1. The van der Waals surface area contributed by atoms with Crippen molar-refractivity contribution in [3.05, 3.63) is 0 Å². The summed E-state index contributed by atoms with van der Waals surface area (Å²) in [4.78, 5) is 27.2. The van der Waals surface area contributed by atoms with Crippen molar-refractivity contribution in [2.45, 2.75) is 13.0 Å². The largest absolute Gasteiger partial charge is 0.378 e. The molecule has 2 amide bonds. The van der Waals surface area contributed by atoms with Crippen LogP contribution in [-0.4, -0.2) is 74.1 Å². The zero-order chi connectivity index (χ0) is 14.3. The second kappa shape index (κ2) is 7.77. The molecule has 0 aromatic rings. The first-order chi connectivity index (χ1) is 9.06. The Morgan fingerprint density at radius 1 is 1.47 bits per heavy atom. The number of hydrogen-bond acceptors (Lipinski definition) is 4. The predicted molar refractivity (Wildman–Crippen MR) is 71.3 cm³/mol. The van der Waals surface area contributed by atoms with Gasteiger partial charge in [0.25, 0.3) is 0 Å². The van der Waals surface area contributed by atoms with E-state index in [2.05, 4.69) is 11.2 Å². The van der Waals surface area contributed by atoms with Crippen molar-refractivity contribution < 1.29 is 14.3 Å². The summed E-state index contributed by atoms with van der Waals surface area (Å²) < 4.78 is 5.19. The number of terminal acetylenes is 1. The van der Waals surface area contributed by atoms with Gasteiger partial charge in [0.2, 0.25) is 11.8 Å². The van der Waals surface area contributed by atoms with Gasteiger partial charge in [0.1, 0.15) is 0 Å². The molecule has 106 valence electrons. The van der Waals surface area contributed by atoms with Gasteiger partial charge in [-0.05, 0) is 14.0 Å². The van der Waals surface area contributed by atoms with Crippen LogP contribution >= 0.6 is 0 Å². The smallest absolute Gasteiger partial charge is 0.237 e. The van der Waals surface area contributed by atoms with Crippen molar-refractivity contribution in [3.8, 4) is 12.3 Å². The SMILES string of the molecule is C#CCNC(=O)C(C)N(C)CC(=O)N1CCOCC1. The zero-order valence-electron chi connectivity index (χ0n) is 11.5. The van der Waals surface area contributed by atoms with E-state index in [0.717, 1.165) is 0 Å². The molecule has 0 aromatic carbocycles. The van der Waals surface area contributed by atoms with Crippen molar-refractivity contribution in [1.82, 2.24) is 15.1 Å². The number of nitrogens with zero attached hydrogens (tertiary/aromatic N) is 2. The summed E-state index contributed by atoms with van der Waals surface area (Å²) in [5, 5.41) is 2.60. The molecule has 1 unspecified atom stereocenters. The molecule has 19 heavy (non-hydrogen) atoms. The summed E-state index contributed by atoms with van der Waals surface area (Å²) >= 11 is 0. The number of carbonyl (C=O) groups excluding carboxylic acids is 2. The Kier molecular flexibility index (Phi) is 6.33. The van der Waals surface area contributed by atoms with Crippen LogP contribution in [0.3, 0.4) is 0 Å². The molecule has 0 spiro atoms. The minimum absolute atomic E-state index is 0.0161. The zero-order valence-corrected chi connectivity index (χ0v) is 11.5. The van der Waals surface area contributed by atoms with Crippen LogP contribution in [0.1, 0.15) is 6.92 Å². The maximum Gasteiger partial charge on any atom is 0.237 e. The fourth-order valence-corrected chi connectivity index (χ4v) is 1.75. The second-order valence-electron chi connectivity index (χ2n) is 4.51. The highest BCUT2D eigenvalue weighted by atomic mass is 16.5. The first kappa shape index (κ1) is 15.5. The van der Waals surface area contributed by atoms with E-state index in [1.165, 1.54) is 0 Å². The van der Waals surface area contributed by atoms with Gasteiger partial charge in [0.15, 0.2) is 0 Å². The number of amides is 2. The predicted octanol–water partition coefficient (Wildman–Crippen LogP) is -1.09. The van der Waals surface area contributed by atoms with Crippen LogP contribution in [0.5, 0.6) is 0 Å². The number of likely N-dealkylation sites (N-methyl/N-ethyl adjacent to an activating group) is 1. The Morgan fingerprint density at radius 2 is 2.11 bits per heavy atom. The molecule has 6 heteroatoms. The molecule has 1 atom stereocenters. The summed E-state index contributed by atoms with van der Waals surface area (Å²) in [6.45, 7) is 4.55. The Morgan fingerprint density at radius 3 is 2.68 bits per heavy atom. The van der Waals surface area contributed by atoms with Crippen molar-refractivity contribution in [2.75, 3.05) is 46.4 Å². The summed E-state index contributed by atoms with van der Waals surface area (Å²) in [5.74, 6) is 2.19. The Hall–Kier alpha value is -1.58. The van der Waals surface area contributed by atoms with Gasteiger partial charge in [0, 0.05) is 13.1 Å². The summed E-state index contributed by atoms with van der Waals surface area (Å²) in [7, 11) is 1.75. The maximum atomic E-state index is 12.0. The van der Waals surface area contributed by atoms with E-state index >= 15 is 0 Å². The van der Waals surface area contributed by atoms with E-state index in [0.29, 0.717) is 26.3 Å². The molecule has 1 aliphatic rings. The van der Waals surface area contributed by atoms with Crippen LogP contribution in [0.2, 0.25) is 0 Å². The lowest BCUT2D eigenvalue weighted by molar-refractivity contribution is -0.137. The van der Waals surface area contributed by atoms with Crippen LogP contribution in [0, 0.1) is 12.3 Å². The van der Waals surface area contributed by atoms with Crippen molar-refractivity contribution in [2.24, 2.45) is 0 Å². The van der Waals surface area contributed by atoms with Gasteiger partial charge in [0.05, 0.1) is 32.3 Å². The standard InChI is InChI=1S/C13H21N3O3/c1-4-5-14-13(18)11(2)15(3)10-12(17)16-6-8-19-9-7-16/h1,11H,5-10H2,2-3H3,(H,14,18). The van der Waals surface area contributed by atoms with Gasteiger partial charge in [-0.25, -0.2) is 0 Å². The number of rotatable bonds is 5. The van der Waals surface area contributed by atoms with E-state index in [-0.39, 0.29) is 24.9 Å². The lowest BCUT2D eigenvalue weighted by Gasteiger charge is -2.30. The Bertz CT molecular complexity index is 359. The highest BCUT2D eigenvalue weighted by molar-refractivity contribution is 5.83. The van der Waals surface area contributed by atoms with Gasteiger partial charge in [-0.15, -0.1) is 6.42 Å². The summed E-state index contributed by atoms with van der Waals surface area (Å²) in [6.07, 6.45) is 5.08. The molecule has 1 fully saturated rings. The van der Waals surface area contributed by atoms with E-state index in [9.17, 15) is 9.59 Å². The van der Waals surface area contributed by atoms with Crippen molar-refractivity contribution in [1.29, 1.82) is 0 Å². The molecule has 0 radical (unpaired) electrons. The number of nitrogens with one attached hydrogen (secondary N) is 1. The monoisotopic (exact) mass is 267 g/mol. The molecule has 0 aromatic heterocycles. The van der Waals surface area contributed by atoms with Crippen molar-refractivity contribution >= 4 is 11.8 Å². The third kappa shape index (κ3) is 4.89. The molecule has 0 bridgehead atoms. The average molecular weight is 267 g/mol. The summed E-state index contributed by atoms with van der Waals surface area (Å²) in [6, 6.07) is -0.390. The van der Waals surface area contributed by atoms with Gasteiger partial charge < -0.3 is 15.0 Å². The lowest BCUT2D eigenvalue weighted by Crippen LogP contribution is -2.49. The van der Waals surface area contributed by atoms with E-state index in [1.807, 2.05) is 0 Å². The minimum atomic E-state index is -0.390. The minimum Gasteiger partial charge on any atom is -0.378 e. The van der Waals surface area contributed by atoms with E-state index in [1.54, 1.807) is 23.8 Å². The molecular weight excluding hydrogens is 246 g/mol. The summed E-state index contributed by atoms with van der Waals surface area (Å²) in [5.41, 5.74) is 0. The van der Waals surface area contributed by atoms with Crippen LogP contribution in [0.4, 0.5) is 0 Å². The first-order valence-electron chi connectivity index (χ1n) is 6.33. The van der Waals surface area contributed by atoms with Gasteiger partial charge in [-0.2, -0.15) is 0 Å². The number of morpholine rings is 1. The lowest BCUT2D eigenvalue weighted by atomic mass is 10.2. The fourth-order valence-electron chi connectivity index (χ4n) is 1.75. The molecule has 0 aliphatic carbocycles. The third-order valence-electron chi connectivity index (χ3n) is 3.15. The van der Waals surface area contributed by atoms with Gasteiger partial charge in [-0.1, -0.05) is 5.92 Å². The molecule has 1 N–H and O–H groups in total. The average Bonchev–Trinajstić information content (AvgIpc) is 2.44. The van der Waals surface area contributed by atoms with E-state index < -0.39 is 6.04 Å². The molecule has 1 rings (SSSR count). The molecule has 6 nitrogen and oxygen atoms in total. The fraction of sp³-hybridized carbons (Fsp3) is 0.692. The first-order valence-corrected chi connectivity index (χ1v) is 6.33. The number of carbonyl (C=O) groups is 2. The molecular formula is C13H21N3O3. The quantitative estimate of drug-likeness (QED) is 0.643. The number of hydrogen-bond donors (Lipinski definition) is 1. The Balaban J connectivity index is 2.40. The highest BCUT2D eigenvalue weighted by Crippen LogP contribution is 2.01. The van der Waals surface area contributed by atoms with Gasteiger partial charge >= 0.3 is 0 Å². The van der Waals surface area contributed by atoms with Crippen LogP contribution < -0.4 is 5.32 Å². The van der Waals surface area contributed by atoms with Crippen LogP contribution in [-0.2, 0) is 14.3 Å². The molecule has 1 heterocycles. The second-order valence-corrected chi connectivity index (χ2v) is 4.51. The van der Waals surface area contributed by atoms with Crippen LogP contribution in [0.25, 0.3) is 0 Å². The van der Waals surface area contributed by atoms with Crippen LogP contribution in [0.15, 0.2) is 0 Å². The van der Waals surface area contributed by atoms with Crippen molar-refractivity contribution in [3.63, 3.8) is 0 Å². The molecule has 1 saturated heterocycles. The highest BCUT2D eigenvalue weighted by Gasteiger charge is 2.23. The topological polar surface area (TPSA) is 61.9 Å².